The van der Waals surface area contributed by atoms with Crippen molar-refractivity contribution >= 4 is 27.5 Å². The lowest BCUT2D eigenvalue weighted by atomic mass is 10.2. The van der Waals surface area contributed by atoms with E-state index >= 15 is 0 Å². The van der Waals surface area contributed by atoms with E-state index in [1.165, 1.54) is 18.5 Å². The number of imide groups is 1. The van der Waals surface area contributed by atoms with Crippen LogP contribution in [0, 0.1) is 0 Å². The SMILES string of the molecule is CCC1C(=O)NC(=O)CN1S(=O)(=O)c1cnccc1NC. The van der Waals surface area contributed by atoms with E-state index in [-0.39, 0.29) is 17.9 Å². The average Bonchev–Trinajstić information content (AvgIpc) is 2.46. The van der Waals surface area contributed by atoms with Crippen molar-refractivity contribution in [3.8, 4) is 0 Å². The van der Waals surface area contributed by atoms with Gasteiger partial charge >= 0.3 is 0 Å². The minimum atomic E-state index is -4.01. The molecule has 1 unspecified atom stereocenters. The van der Waals surface area contributed by atoms with Crippen LogP contribution in [0.15, 0.2) is 23.4 Å². The summed E-state index contributed by atoms with van der Waals surface area (Å²) in [5.74, 6) is -1.24. The number of nitrogens with one attached hydrogen (secondary N) is 2. The first-order valence-electron chi connectivity index (χ1n) is 6.39. The van der Waals surface area contributed by atoms with E-state index in [2.05, 4.69) is 15.6 Å². The van der Waals surface area contributed by atoms with Crippen molar-refractivity contribution in [3.05, 3.63) is 18.5 Å². The summed E-state index contributed by atoms with van der Waals surface area (Å²) in [6, 6.07) is 0.609. The van der Waals surface area contributed by atoms with Crippen LogP contribution in [0.2, 0.25) is 0 Å². The summed E-state index contributed by atoms with van der Waals surface area (Å²) in [6.07, 6.45) is 2.93. The van der Waals surface area contributed by atoms with Gasteiger partial charge in [0.25, 0.3) is 0 Å². The molecule has 1 aromatic heterocycles. The van der Waals surface area contributed by atoms with Crippen LogP contribution < -0.4 is 10.6 Å². The number of nitrogens with zero attached hydrogens (tertiary/aromatic N) is 2. The standard InChI is InChI=1S/C12H16N4O4S/c1-3-9-12(18)15-11(17)7-16(9)21(19,20)10-6-14-5-4-8(10)13-2/h4-6,9H,3,7H2,1-2H3,(H,13,14)(H,15,17,18). The molecule has 1 aliphatic rings. The number of rotatable bonds is 4. The number of hydrogen-bond acceptors (Lipinski definition) is 6. The fraction of sp³-hybridized carbons (Fsp3) is 0.417. The molecule has 114 valence electrons. The van der Waals surface area contributed by atoms with E-state index in [9.17, 15) is 18.0 Å². The molecule has 2 heterocycles. The zero-order valence-electron chi connectivity index (χ0n) is 11.7. The summed E-state index contributed by atoms with van der Waals surface area (Å²) in [6.45, 7) is 1.30. The molecule has 1 atom stereocenters. The van der Waals surface area contributed by atoms with Crippen molar-refractivity contribution < 1.29 is 18.0 Å². The summed E-state index contributed by atoms with van der Waals surface area (Å²) < 4.78 is 26.4. The third-order valence-corrected chi connectivity index (χ3v) is 5.12. The van der Waals surface area contributed by atoms with E-state index in [0.717, 1.165) is 4.31 Å². The highest BCUT2D eigenvalue weighted by Gasteiger charge is 2.41. The fourth-order valence-corrected chi connectivity index (χ4v) is 3.96. The van der Waals surface area contributed by atoms with Crippen molar-refractivity contribution in [1.29, 1.82) is 0 Å². The Labute approximate surface area is 122 Å². The first-order chi connectivity index (χ1) is 9.91. The molecule has 1 aromatic rings. The minimum absolute atomic E-state index is 0.0616. The Morgan fingerprint density at radius 3 is 2.81 bits per heavy atom. The second-order valence-electron chi connectivity index (χ2n) is 4.51. The summed E-state index contributed by atoms with van der Waals surface area (Å²) >= 11 is 0. The summed E-state index contributed by atoms with van der Waals surface area (Å²) in [5.41, 5.74) is 0.360. The zero-order valence-corrected chi connectivity index (χ0v) is 12.5. The fourth-order valence-electron chi connectivity index (χ4n) is 2.20. The zero-order chi connectivity index (χ0) is 15.6. The normalized spacial score (nSPS) is 20.2. The molecule has 0 saturated carbocycles. The van der Waals surface area contributed by atoms with Gasteiger partial charge in [-0.3, -0.25) is 19.9 Å². The Morgan fingerprint density at radius 1 is 1.48 bits per heavy atom. The van der Waals surface area contributed by atoms with Crippen LogP contribution in [-0.4, -0.2) is 49.2 Å². The molecule has 0 bridgehead atoms. The van der Waals surface area contributed by atoms with Gasteiger partial charge in [-0.2, -0.15) is 4.31 Å². The summed E-state index contributed by atoms with van der Waals surface area (Å²) in [4.78, 5) is 27.1. The molecule has 2 amide bonds. The third-order valence-electron chi connectivity index (χ3n) is 3.24. The third kappa shape index (κ3) is 2.74. The van der Waals surface area contributed by atoms with E-state index in [1.54, 1.807) is 14.0 Å². The highest BCUT2D eigenvalue weighted by molar-refractivity contribution is 7.89. The molecule has 9 heteroatoms. The van der Waals surface area contributed by atoms with Gasteiger partial charge in [-0.25, -0.2) is 8.42 Å². The molecule has 2 rings (SSSR count). The molecule has 8 nitrogen and oxygen atoms in total. The van der Waals surface area contributed by atoms with E-state index in [0.29, 0.717) is 5.69 Å². The van der Waals surface area contributed by atoms with Crippen LogP contribution in [0.3, 0.4) is 0 Å². The van der Waals surface area contributed by atoms with Gasteiger partial charge in [-0.15, -0.1) is 0 Å². The average molecular weight is 312 g/mol. The number of aromatic nitrogens is 1. The van der Waals surface area contributed by atoms with Crippen molar-refractivity contribution in [2.75, 3.05) is 18.9 Å². The maximum absolute atomic E-state index is 12.7. The maximum atomic E-state index is 12.7. The predicted molar refractivity (Wildman–Crippen MR) is 74.9 cm³/mol. The molecule has 1 saturated heterocycles. The van der Waals surface area contributed by atoms with Gasteiger partial charge in [0.15, 0.2) is 0 Å². The Balaban J connectivity index is 2.51. The topological polar surface area (TPSA) is 108 Å². The van der Waals surface area contributed by atoms with Crippen LogP contribution in [0.25, 0.3) is 0 Å². The minimum Gasteiger partial charge on any atom is -0.387 e. The van der Waals surface area contributed by atoms with Gasteiger partial charge < -0.3 is 5.32 Å². The highest BCUT2D eigenvalue weighted by atomic mass is 32.2. The van der Waals surface area contributed by atoms with Crippen LogP contribution in [-0.2, 0) is 19.6 Å². The summed E-state index contributed by atoms with van der Waals surface area (Å²) in [7, 11) is -2.42. The quantitative estimate of drug-likeness (QED) is 0.729. The molecule has 1 aliphatic heterocycles. The molecule has 21 heavy (non-hydrogen) atoms. The first-order valence-corrected chi connectivity index (χ1v) is 7.83. The second kappa shape index (κ2) is 5.78. The highest BCUT2D eigenvalue weighted by Crippen LogP contribution is 2.26. The van der Waals surface area contributed by atoms with Gasteiger partial charge in [-0.1, -0.05) is 6.92 Å². The number of hydrogen-bond donors (Lipinski definition) is 2. The lowest BCUT2D eigenvalue weighted by Crippen LogP contribution is -2.59. The van der Waals surface area contributed by atoms with Crippen LogP contribution >= 0.6 is 0 Å². The largest absolute Gasteiger partial charge is 0.387 e. The molecular weight excluding hydrogens is 296 g/mol. The first kappa shape index (κ1) is 15.4. The van der Waals surface area contributed by atoms with Crippen molar-refractivity contribution in [3.63, 3.8) is 0 Å². The maximum Gasteiger partial charge on any atom is 0.247 e. The molecule has 1 fully saturated rings. The second-order valence-corrected chi connectivity index (χ2v) is 6.37. The predicted octanol–water partition coefficient (Wildman–Crippen LogP) is -0.451. The monoisotopic (exact) mass is 312 g/mol. The van der Waals surface area contributed by atoms with Gasteiger partial charge in [-0.05, 0) is 12.5 Å². The number of carbonyl (C=O) groups excluding carboxylic acids is 2. The number of amides is 2. The van der Waals surface area contributed by atoms with E-state index in [4.69, 9.17) is 0 Å². The molecule has 0 radical (unpaired) electrons. The van der Waals surface area contributed by atoms with E-state index in [1.807, 2.05) is 0 Å². The molecular formula is C12H16N4O4S. The Morgan fingerprint density at radius 2 is 2.19 bits per heavy atom. The Bertz CT molecular complexity index is 674. The van der Waals surface area contributed by atoms with Crippen molar-refractivity contribution in [2.24, 2.45) is 0 Å². The Hall–Kier alpha value is -2.00. The van der Waals surface area contributed by atoms with Crippen LogP contribution in [0.5, 0.6) is 0 Å². The summed E-state index contributed by atoms with van der Waals surface area (Å²) in [5, 5.41) is 4.91. The Kier molecular flexibility index (Phi) is 4.24. The molecule has 0 spiro atoms. The smallest absolute Gasteiger partial charge is 0.247 e. The van der Waals surface area contributed by atoms with Crippen LogP contribution in [0.1, 0.15) is 13.3 Å². The van der Waals surface area contributed by atoms with Gasteiger partial charge in [0.05, 0.1) is 12.2 Å². The lowest BCUT2D eigenvalue weighted by Gasteiger charge is -2.32. The number of piperazine rings is 1. The number of pyridine rings is 1. The number of anilines is 1. The number of carbonyl (C=O) groups is 2. The van der Waals surface area contributed by atoms with Crippen LogP contribution in [0.4, 0.5) is 5.69 Å². The molecule has 0 aromatic carbocycles. The van der Waals surface area contributed by atoms with E-state index < -0.39 is 27.9 Å². The van der Waals surface area contributed by atoms with Gasteiger partial charge in [0.2, 0.25) is 21.8 Å². The molecule has 0 aliphatic carbocycles. The number of sulfonamides is 1. The lowest BCUT2D eigenvalue weighted by molar-refractivity contribution is -0.137. The molecule has 2 N–H and O–H groups in total. The van der Waals surface area contributed by atoms with Crippen molar-refractivity contribution in [1.82, 2.24) is 14.6 Å². The van der Waals surface area contributed by atoms with Gasteiger partial charge in [0, 0.05) is 19.4 Å². The van der Waals surface area contributed by atoms with Crippen molar-refractivity contribution in [2.45, 2.75) is 24.3 Å². The van der Waals surface area contributed by atoms with Gasteiger partial charge in [0.1, 0.15) is 10.9 Å².